The first-order chi connectivity index (χ1) is 7.95. The van der Waals surface area contributed by atoms with Crippen LogP contribution in [0.3, 0.4) is 0 Å². The van der Waals surface area contributed by atoms with Crippen molar-refractivity contribution in [2.45, 2.75) is 31.6 Å². The van der Waals surface area contributed by atoms with E-state index in [0.29, 0.717) is 12.2 Å². The number of halogens is 4. The van der Waals surface area contributed by atoms with Gasteiger partial charge in [0, 0.05) is 24.8 Å². The quantitative estimate of drug-likeness (QED) is 0.870. The second kappa shape index (κ2) is 5.90. The van der Waals surface area contributed by atoms with Crippen LogP contribution in [-0.2, 0) is 12.7 Å². The number of aromatic amines is 1. The zero-order valence-corrected chi connectivity index (χ0v) is 10.5. The molecule has 1 fully saturated rings. The maximum absolute atomic E-state index is 12.3. The zero-order valence-electron chi connectivity index (χ0n) is 9.70. The summed E-state index contributed by atoms with van der Waals surface area (Å²) in [5.74, 6) is 0. The molecule has 18 heavy (non-hydrogen) atoms. The van der Waals surface area contributed by atoms with Crippen molar-refractivity contribution in [3.05, 3.63) is 17.5 Å². The van der Waals surface area contributed by atoms with Crippen LogP contribution in [0.2, 0.25) is 0 Å². The fourth-order valence-electron chi connectivity index (χ4n) is 2.06. The highest BCUT2D eigenvalue weighted by molar-refractivity contribution is 5.85. The highest BCUT2D eigenvalue weighted by atomic mass is 35.5. The van der Waals surface area contributed by atoms with Crippen molar-refractivity contribution in [1.29, 1.82) is 0 Å². The molecular weight excluding hydrogens is 269 g/mol. The van der Waals surface area contributed by atoms with Crippen LogP contribution in [0.25, 0.3) is 0 Å². The molecule has 0 aliphatic carbocycles. The molecule has 1 aromatic heterocycles. The van der Waals surface area contributed by atoms with E-state index in [4.69, 9.17) is 5.73 Å². The minimum absolute atomic E-state index is 0. The standard InChI is InChI=1S/C10H15F3N4.ClH/c11-10(12,13)9-4-8(15-16-9)6-17-3-1-2-7(14)5-17;/h4,7H,1-3,5-6,14H2,(H,15,16);1H. The summed E-state index contributed by atoms with van der Waals surface area (Å²) in [7, 11) is 0. The van der Waals surface area contributed by atoms with Crippen LogP contribution in [0.5, 0.6) is 0 Å². The van der Waals surface area contributed by atoms with Crippen LogP contribution >= 0.6 is 12.4 Å². The molecule has 1 atom stereocenters. The van der Waals surface area contributed by atoms with Gasteiger partial charge in [-0.15, -0.1) is 12.4 Å². The van der Waals surface area contributed by atoms with Crippen molar-refractivity contribution in [3.8, 4) is 0 Å². The molecule has 0 amide bonds. The lowest BCUT2D eigenvalue weighted by Crippen LogP contribution is -2.42. The van der Waals surface area contributed by atoms with Crippen molar-refractivity contribution in [2.75, 3.05) is 13.1 Å². The minimum Gasteiger partial charge on any atom is -0.327 e. The van der Waals surface area contributed by atoms with E-state index in [1.807, 2.05) is 4.90 Å². The number of hydrogen-bond acceptors (Lipinski definition) is 3. The van der Waals surface area contributed by atoms with Gasteiger partial charge in [0.2, 0.25) is 0 Å². The van der Waals surface area contributed by atoms with Crippen molar-refractivity contribution < 1.29 is 13.2 Å². The van der Waals surface area contributed by atoms with Gasteiger partial charge in [-0.25, -0.2) is 0 Å². The van der Waals surface area contributed by atoms with E-state index in [9.17, 15) is 13.2 Å². The second-order valence-electron chi connectivity index (χ2n) is 4.41. The molecular formula is C10H16ClF3N4. The Hall–Kier alpha value is -0.790. The first-order valence-electron chi connectivity index (χ1n) is 5.54. The number of aromatic nitrogens is 2. The Balaban J connectivity index is 0.00000162. The van der Waals surface area contributed by atoms with Crippen molar-refractivity contribution in [2.24, 2.45) is 5.73 Å². The SMILES string of the molecule is Cl.NC1CCCN(Cc2cc(C(F)(F)F)n[nH]2)C1. The molecule has 0 saturated carbocycles. The predicted molar refractivity (Wildman–Crippen MR) is 63.3 cm³/mol. The summed E-state index contributed by atoms with van der Waals surface area (Å²) >= 11 is 0. The number of H-pyrrole nitrogens is 1. The average Bonchev–Trinajstić information content (AvgIpc) is 2.65. The number of likely N-dealkylation sites (tertiary alicyclic amines) is 1. The zero-order chi connectivity index (χ0) is 12.5. The van der Waals surface area contributed by atoms with E-state index in [2.05, 4.69) is 10.2 Å². The number of nitrogens with zero attached hydrogens (tertiary/aromatic N) is 2. The Morgan fingerprint density at radius 1 is 1.50 bits per heavy atom. The van der Waals surface area contributed by atoms with Crippen LogP contribution in [-0.4, -0.2) is 34.2 Å². The average molecular weight is 285 g/mol. The third-order valence-corrected chi connectivity index (χ3v) is 2.86. The maximum Gasteiger partial charge on any atom is 0.435 e. The number of alkyl halides is 3. The van der Waals surface area contributed by atoms with Gasteiger partial charge in [-0.2, -0.15) is 18.3 Å². The molecule has 1 unspecified atom stereocenters. The van der Waals surface area contributed by atoms with Gasteiger partial charge in [-0.05, 0) is 25.5 Å². The summed E-state index contributed by atoms with van der Waals surface area (Å²) in [5, 5.41) is 5.69. The highest BCUT2D eigenvalue weighted by Gasteiger charge is 2.34. The second-order valence-corrected chi connectivity index (χ2v) is 4.41. The third kappa shape index (κ3) is 3.86. The van der Waals surface area contributed by atoms with Gasteiger partial charge in [0.25, 0.3) is 0 Å². The topological polar surface area (TPSA) is 57.9 Å². The Morgan fingerprint density at radius 2 is 2.22 bits per heavy atom. The minimum atomic E-state index is -4.38. The molecule has 0 spiro atoms. The molecule has 0 radical (unpaired) electrons. The Kier molecular flexibility index (Phi) is 5.01. The molecule has 4 nitrogen and oxygen atoms in total. The molecule has 1 aromatic rings. The van der Waals surface area contributed by atoms with Gasteiger partial charge in [-0.1, -0.05) is 0 Å². The molecule has 104 valence electrons. The van der Waals surface area contributed by atoms with E-state index < -0.39 is 11.9 Å². The first-order valence-corrected chi connectivity index (χ1v) is 5.54. The summed E-state index contributed by atoms with van der Waals surface area (Å²) in [6.07, 6.45) is -2.41. The van der Waals surface area contributed by atoms with Crippen LogP contribution in [0.1, 0.15) is 24.2 Å². The first kappa shape index (κ1) is 15.3. The molecule has 2 heterocycles. The molecule has 2 rings (SSSR count). The monoisotopic (exact) mass is 284 g/mol. The number of nitrogens with two attached hydrogens (primary N) is 1. The van der Waals surface area contributed by atoms with Crippen molar-refractivity contribution in [3.63, 3.8) is 0 Å². The number of nitrogens with one attached hydrogen (secondary N) is 1. The highest BCUT2D eigenvalue weighted by Crippen LogP contribution is 2.28. The largest absolute Gasteiger partial charge is 0.435 e. The molecule has 0 bridgehead atoms. The molecule has 1 aliphatic heterocycles. The van der Waals surface area contributed by atoms with Gasteiger partial charge in [0.05, 0.1) is 0 Å². The summed E-state index contributed by atoms with van der Waals surface area (Å²) < 4.78 is 37.0. The van der Waals surface area contributed by atoms with Gasteiger partial charge in [0.1, 0.15) is 0 Å². The van der Waals surface area contributed by atoms with Gasteiger partial charge < -0.3 is 5.73 Å². The fourth-order valence-corrected chi connectivity index (χ4v) is 2.06. The normalized spacial score (nSPS) is 21.7. The summed E-state index contributed by atoms with van der Waals surface area (Å²) in [4.78, 5) is 2.04. The lowest BCUT2D eigenvalue weighted by Gasteiger charge is -2.30. The van der Waals surface area contributed by atoms with Crippen LogP contribution < -0.4 is 5.73 Å². The molecule has 1 aliphatic rings. The summed E-state index contributed by atoms with van der Waals surface area (Å²) in [6.45, 7) is 2.03. The smallest absolute Gasteiger partial charge is 0.327 e. The third-order valence-electron chi connectivity index (χ3n) is 2.86. The Bertz CT molecular complexity index is 379. The van der Waals surface area contributed by atoms with Crippen molar-refractivity contribution in [1.82, 2.24) is 15.1 Å². The predicted octanol–water partition coefficient (Wildman–Crippen LogP) is 1.77. The van der Waals surface area contributed by atoms with Crippen molar-refractivity contribution >= 4 is 12.4 Å². The van der Waals surface area contributed by atoms with E-state index in [-0.39, 0.29) is 18.4 Å². The fraction of sp³-hybridized carbons (Fsp3) is 0.700. The van der Waals surface area contributed by atoms with Gasteiger partial charge >= 0.3 is 6.18 Å². The molecule has 1 saturated heterocycles. The lowest BCUT2D eigenvalue weighted by atomic mass is 10.1. The Morgan fingerprint density at radius 3 is 2.78 bits per heavy atom. The van der Waals surface area contributed by atoms with Crippen LogP contribution in [0.4, 0.5) is 13.2 Å². The van der Waals surface area contributed by atoms with Gasteiger partial charge in [0.15, 0.2) is 5.69 Å². The summed E-state index contributed by atoms with van der Waals surface area (Å²) in [6, 6.07) is 1.17. The summed E-state index contributed by atoms with van der Waals surface area (Å²) in [5.41, 5.74) is 5.42. The number of rotatable bonds is 2. The maximum atomic E-state index is 12.3. The Labute approximate surface area is 109 Å². The van der Waals surface area contributed by atoms with E-state index in [1.54, 1.807) is 0 Å². The van der Waals surface area contributed by atoms with E-state index >= 15 is 0 Å². The molecule has 8 heteroatoms. The van der Waals surface area contributed by atoms with E-state index in [0.717, 1.165) is 32.0 Å². The molecule has 0 aromatic carbocycles. The lowest BCUT2D eigenvalue weighted by molar-refractivity contribution is -0.141. The van der Waals surface area contributed by atoms with Crippen LogP contribution in [0.15, 0.2) is 6.07 Å². The van der Waals surface area contributed by atoms with E-state index in [1.165, 1.54) is 0 Å². The van der Waals surface area contributed by atoms with Crippen LogP contribution in [0, 0.1) is 0 Å². The number of piperidine rings is 1. The van der Waals surface area contributed by atoms with Gasteiger partial charge in [-0.3, -0.25) is 10.00 Å². The number of hydrogen-bond donors (Lipinski definition) is 2. The molecule has 3 N–H and O–H groups in total.